The Morgan fingerprint density at radius 1 is 1.30 bits per heavy atom. The fourth-order valence-electron chi connectivity index (χ4n) is 2.29. The van der Waals surface area contributed by atoms with E-state index in [1.807, 2.05) is 13.8 Å². The molecule has 1 atom stereocenters. The Kier molecular flexibility index (Phi) is 15.2. The number of ether oxygens (including phenoxy) is 2. The molecule has 27 heavy (non-hydrogen) atoms. The maximum absolute atomic E-state index is 13.2. The molecule has 1 aromatic carbocycles. The summed E-state index contributed by atoms with van der Waals surface area (Å²) in [5.74, 6) is 0.982. The average molecular weight is 496 g/mol. The predicted molar refractivity (Wildman–Crippen MR) is 120 cm³/mol. The minimum Gasteiger partial charge on any atom is -0.489 e. The highest BCUT2D eigenvalue weighted by molar-refractivity contribution is 14.0. The Labute approximate surface area is 179 Å². The van der Waals surface area contributed by atoms with Crippen LogP contribution in [-0.4, -0.2) is 70.5 Å². The van der Waals surface area contributed by atoms with E-state index in [0.29, 0.717) is 12.3 Å². The summed E-state index contributed by atoms with van der Waals surface area (Å²) in [6, 6.07) is 6.15. The van der Waals surface area contributed by atoms with E-state index in [9.17, 15) is 4.39 Å². The van der Waals surface area contributed by atoms with Crippen LogP contribution in [0, 0.1) is 5.82 Å². The van der Waals surface area contributed by atoms with E-state index in [2.05, 4.69) is 27.6 Å². The van der Waals surface area contributed by atoms with E-state index < -0.39 is 0 Å². The Bertz CT molecular complexity index is 534. The van der Waals surface area contributed by atoms with Crippen LogP contribution in [0.15, 0.2) is 29.3 Å². The Hall–Kier alpha value is -1.13. The van der Waals surface area contributed by atoms with E-state index in [-0.39, 0.29) is 35.9 Å². The molecule has 0 spiro atoms. The van der Waals surface area contributed by atoms with E-state index in [4.69, 9.17) is 9.47 Å². The van der Waals surface area contributed by atoms with Gasteiger partial charge >= 0.3 is 0 Å². The van der Waals surface area contributed by atoms with Crippen LogP contribution in [0.4, 0.5) is 4.39 Å². The lowest BCUT2D eigenvalue weighted by Crippen LogP contribution is -2.39. The monoisotopic (exact) mass is 496 g/mol. The molecule has 0 amide bonds. The number of benzene rings is 1. The van der Waals surface area contributed by atoms with Gasteiger partial charge in [-0.1, -0.05) is 6.07 Å². The minimum atomic E-state index is -0.302. The van der Waals surface area contributed by atoms with Gasteiger partial charge in [0.1, 0.15) is 17.7 Å². The molecule has 0 aliphatic heterocycles. The van der Waals surface area contributed by atoms with E-state index >= 15 is 0 Å². The first kappa shape index (κ1) is 25.9. The largest absolute Gasteiger partial charge is 0.489 e. The number of methoxy groups -OCH3 is 1. The summed E-state index contributed by atoms with van der Waals surface area (Å²) in [7, 11) is 3.80. The van der Waals surface area contributed by atoms with Gasteiger partial charge in [0.2, 0.25) is 0 Å². The van der Waals surface area contributed by atoms with Crippen molar-refractivity contribution < 1.29 is 13.9 Å². The lowest BCUT2D eigenvalue weighted by molar-refractivity contribution is 0.161. The molecule has 1 aromatic rings. The zero-order chi connectivity index (χ0) is 19.2. The Morgan fingerprint density at radius 2 is 2.07 bits per heavy atom. The highest BCUT2D eigenvalue weighted by Crippen LogP contribution is 2.13. The summed E-state index contributed by atoms with van der Waals surface area (Å²) in [4.78, 5) is 6.78. The van der Waals surface area contributed by atoms with Crippen molar-refractivity contribution in [1.82, 2.24) is 15.5 Å². The molecule has 1 rings (SSSR count). The van der Waals surface area contributed by atoms with Gasteiger partial charge in [-0.15, -0.1) is 24.0 Å². The molecule has 0 saturated carbocycles. The maximum Gasteiger partial charge on any atom is 0.191 e. The maximum atomic E-state index is 13.2. The number of guanidine groups is 1. The summed E-state index contributed by atoms with van der Waals surface area (Å²) in [6.07, 6.45) is 0.868. The van der Waals surface area contributed by atoms with E-state index in [0.717, 1.165) is 45.2 Å². The van der Waals surface area contributed by atoms with E-state index in [1.54, 1.807) is 19.2 Å². The summed E-state index contributed by atoms with van der Waals surface area (Å²) >= 11 is 0. The highest BCUT2D eigenvalue weighted by atomic mass is 127. The number of aliphatic imine (C=N–C) groups is 1. The van der Waals surface area contributed by atoms with Crippen LogP contribution in [0.25, 0.3) is 0 Å². The molecule has 0 heterocycles. The van der Waals surface area contributed by atoms with Crippen LogP contribution in [0.1, 0.15) is 20.3 Å². The first-order chi connectivity index (χ1) is 12.5. The number of hydrogen-bond donors (Lipinski definition) is 2. The van der Waals surface area contributed by atoms with Gasteiger partial charge in [0.05, 0.1) is 13.2 Å². The third-order valence-corrected chi connectivity index (χ3v) is 3.67. The fraction of sp³-hybridized carbons (Fsp3) is 0.632. The van der Waals surface area contributed by atoms with Crippen LogP contribution in [0.5, 0.6) is 5.75 Å². The van der Waals surface area contributed by atoms with Crippen molar-refractivity contribution in [2.45, 2.75) is 26.4 Å². The summed E-state index contributed by atoms with van der Waals surface area (Å²) in [5, 5.41) is 6.55. The van der Waals surface area contributed by atoms with Crippen molar-refractivity contribution in [3.8, 4) is 5.75 Å². The molecule has 8 heteroatoms. The molecule has 0 fully saturated rings. The molecule has 0 aromatic heterocycles. The highest BCUT2D eigenvalue weighted by Gasteiger charge is 2.05. The van der Waals surface area contributed by atoms with E-state index in [1.165, 1.54) is 12.1 Å². The molecule has 2 N–H and O–H groups in total. The third kappa shape index (κ3) is 12.8. The molecular weight excluding hydrogens is 462 g/mol. The number of nitrogens with one attached hydrogen (secondary N) is 2. The molecule has 0 aliphatic carbocycles. The van der Waals surface area contributed by atoms with Gasteiger partial charge in [0, 0.05) is 32.8 Å². The number of likely N-dealkylation sites (N-methyl/N-ethyl adjacent to an activating group) is 1. The molecule has 0 radical (unpaired) electrons. The van der Waals surface area contributed by atoms with Gasteiger partial charge in [-0.05, 0) is 46.0 Å². The van der Waals surface area contributed by atoms with Crippen molar-refractivity contribution in [2.75, 3.05) is 53.5 Å². The molecule has 156 valence electrons. The third-order valence-electron chi connectivity index (χ3n) is 3.67. The second-order valence-corrected chi connectivity index (χ2v) is 6.18. The second kappa shape index (κ2) is 15.9. The Balaban J connectivity index is 0.00000676. The van der Waals surface area contributed by atoms with Crippen LogP contribution in [0.2, 0.25) is 0 Å². The van der Waals surface area contributed by atoms with Crippen molar-refractivity contribution in [2.24, 2.45) is 4.99 Å². The number of halogens is 2. The predicted octanol–water partition coefficient (Wildman–Crippen LogP) is 2.73. The SMILES string of the molecule is CCNC(=NCC(C)Oc1cccc(F)c1)NCCCN(C)CCOC.I. The lowest BCUT2D eigenvalue weighted by Gasteiger charge is -2.17. The first-order valence-electron chi connectivity index (χ1n) is 9.17. The number of hydrogen-bond acceptors (Lipinski definition) is 4. The normalized spacial score (nSPS) is 12.4. The molecule has 1 unspecified atom stereocenters. The molecule has 6 nitrogen and oxygen atoms in total. The van der Waals surface area contributed by atoms with Crippen LogP contribution in [-0.2, 0) is 4.74 Å². The quantitative estimate of drug-likeness (QED) is 0.202. The van der Waals surface area contributed by atoms with Gasteiger partial charge in [-0.3, -0.25) is 0 Å². The van der Waals surface area contributed by atoms with Crippen LogP contribution in [0.3, 0.4) is 0 Å². The van der Waals surface area contributed by atoms with Crippen molar-refractivity contribution >= 4 is 29.9 Å². The van der Waals surface area contributed by atoms with Crippen molar-refractivity contribution in [3.63, 3.8) is 0 Å². The standard InChI is InChI=1S/C19H33FN4O2.HI/c1-5-21-19(22-10-7-11-24(3)12-13-25-4)23-15-16(2)26-18-9-6-8-17(20)14-18;/h6,8-9,14,16H,5,7,10-13,15H2,1-4H3,(H2,21,22,23);1H. The molecule has 0 aliphatic rings. The van der Waals surface area contributed by atoms with Gasteiger partial charge < -0.3 is 25.0 Å². The van der Waals surface area contributed by atoms with Crippen LogP contribution < -0.4 is 15.4 Å². The summed E-state index contributed by atoms with van der Waals surface area (Å²) < 4.78 is 24.0. The van der Waals surface area contributed by atoms with Gasteiger partial charge in [0.25, 0.3) is 0 Å². The molecular formula is C19H34FIN4O2. The van der Waals surface area contributed by atoms with Gasteiger partial charge in [-0.25, -0.2) is 9.38 Å². The van der Waals surface area contributed by atoms with Gasteiger partial charge in [-0.2, -0.15) is 0 Å². The summed E-state index contributed by atoms with van der Waals surface area (Å²) in [6.45, 7) is 8.73. The van der Waals surface area contributed by atoms with Crippen molar-refractivity contribution in [1.29, 1.82) is 0 Å². The van der Waals surface area contributed by atoms with Crippen molar-refractivity contribution in [3.05, 3.63) is 30.1 Å². The fourth-order valence-corrected chi connectivity index (χ4v) is 2.29. The molecule has 0 saturated heterocycles. The van der Waals surface area contributed by atoms with Crippen LogP contribution >= 0.6 is 24.0 Å². The smallest absolute Gasteiger partial charge is 0.191 e. The lowest BCUT2D eigenvalue weighted by atomic mass is 10.3. The topological polar surface area (TPSA) is 58.1 Å². The number of nitrogens with zero attached hydrogens (tertiary/aromatic N) is 2. The summed E-state index contributed by atoms with van der Waals surface area (Å²) in [5.41, 5.74) is 0. The molecule has 0 bridgehead atoms. The van der Waals surface area contributed by atoms with Gasteiger partial charge in [0.15, 0.2) is 5.96 Å². The average Bonchev–Trinajstić information content (AvgIpc) is 2.61. The number of rotatable bonds is 12. The zero-order valence-corrected chi connectivity index (χ0v) is 19.2. The Morgan fingerprint density at radius 3 is 2.74 bits per heavy atom. The zero-order valence-electron chi connectivity index (χ0n) is 16.8. The first-order valence-corrected chi connectivity index (χ1v) is 9.17. The second-order valence-electron chi connectivity index (χ2n) is 6.18. The minimum absolute atomic E-state index is 0.